The van der Waals surface area contributed by atoms with Gasteiger partial charge in [0.25, 0.3) is 5.88 Å². The van der Waals surface area contributed by atoms with Gasteiger partial charge in [-0.15, -0.1) is 0 Å². The lowest BCUT2D eigenvalue weighted by Gasteiger charge is -2.12. The maximum atomic E-state index is 12.5. The lowest BCUT2D eigenvalue weighted by Crippen LogP contribution is -2.11. The van der Waals surface area contributed by atoms with Crippen LogP contribution in [-0.4, -0.2) is 17.1 Å². The summed E-state index contributed by atoms with van der Waals surface area (Å²) in [7, 11) is 1.36. The van der Waals surface area contributed by atoms with Gasteiger partial charge in [0.15, 0.2) is 5.82 Å². The number of alkyl halides is 3. The zero-order valence-corrected chi connectivity index (χ0v) is 10.8. The van der Waals surface area contributed by atoms with Crippen LogP contribution in [0.15, 0.2) is 30.6 Å². The summed E-state index contributed by atoms with van der Waals surface area (Å²) >= 11 is 0. The first kappa shape index (κ1) is 14.9. The molecule has 1 aromatic heterocycles. The van der Waals surface area contributed by atoms with Crippen LogP contribution in [0.3, 0.4) is 0 Å². The molecule has 3 N–H and O–H groups in total. The Bertz CT molecular complexity index is 617. The topological polar surface area (TPSA) is 82.3 Å². The summed E-state index contributed by atoms with van der Waals surface area (Å²) in [6.45, 7) is 0. The van der Waals surface area contributed by atoms with Crippen molar-refractivity contribution >= 4 is 5.82 Å². The van der Waals surface area contributed by atoms with E-state index in [1.165, 1.54) is 25.6 Å². The number of nitrogens with one attached hydrogen (secondary N) is 1. The minimum atomic E-state index is -4.40. The Balaban J connectivity index is 2.26. The summed E-state index contributed by atoms with van der Waals surface area (Å²) in [6, 6.07) is 4.18. The monoisotopic (exact) mass is 300 g/mol. The third-order valence-electron chi connectivity index (χ3n) is 2.51. The number of anilines is 1. The van der Waals surface area contributed by atoms with Crippen LogP contribution in [0.2, 0.25) is 0 Å². The first-order valence-corrected chi connectivity index (χ1v) is 5.66. The minimum Gasteiger partial charge on any atom is -0.489 e. The zero-order chi connectivity index (χ0) is 15.5. The van der Waals surface area contributed by atoms with Crippen molar-refractivity contribution in [1.82, 2.24) is 9.97 Å². The van der Waals surface area contributed by atoms with Crippen LogP contribution in [0.5, 0.6) is 17.4 Å². The lowest BCUT2D eigenvalue weighted by atomic mass is 10.2. The van der Waals surface area contributed by atoms with Crippen molar-refractivity contribution < 1.29 is 22.6 Å². The van der Waals surface area contributed by atoms with Crippen LogP contribution >= 0.6 is 0 Å². The molecule has 6 nitrogen and oxygen atoms in total. The number of hydrogen-bond donors (Lipinski definition) is 2. The van der Waals surface area contributed by atoms with E-state index in [1.807, 2.05) is 0 Å². The van der Waals surface area contributed by atoms with Gasteiger partial charge in [-0.1, -0.05) is 0 Å². The summed E-state index contributed by atoms with van der Waals surface area (Å²) in [5.41, 5.74) is 1.53. The second-order valence-corrected chi connectivity index (χ2v) is 3.83. The van der Waals surface area contributed by atoms with E-state index in [0.29, 0.717) is 0 Å². The summed E-state index contributed by atoms with van der Waals surface area (Å²) < 4.78 is 47.8. The van der Waals surface area contributed by atoms with Gasteiger partial charge in [-0.05, 0) is 24.3 Å². The number of hydrogen-bond acceptors (Lipinski definition) is 6. The predicted molar refractivity (Wildman–Crippen MR) is 67.9 cm³/mol. The number of halogens is 3. The number of hydrazine groups is 1. The maximum absolute atomic E-state index is 12.5. The zero-order valence-electron chi connectivity index (χ0n) is 10.8. The van der Waals surface area contributed by atoms with Gasteiger partial charge >= 0.3 is 6.18 Å². The van der Waals surface area contributed by atoms with E-state index in [-0.39, 0.29) is 23.2 Å². The predicted octanol–water partition coefficient (Wildman–Crippen LogP) is 2.58. The first-order chi connectivity index (χ1) is 9.95. The average molecular weight is 300 g/mol. The van der Waals surface area contributed by atoms with Crippen LogP contribution in [0.25, 0.3) is 0 Å². The van der Waals surface area contributed by atoms with Crippen molar-refractivity contribution in [3.63, 3.8) is 0 Å². The number of ether oxygens (including phenoxy) is 2. The molecule has 2 aromatic rings. The van der Waals surface area contributed by atoms with Crippen LogP contribution in [0, 0.1) is 0 Å². The normalized spacial score (nSPS) is 11.1. The SMILES string of the molecule is COc1c(NN)ncnc1Oc1ccc(C(F)(F)F)cc1. The third-order valence-corrected chi connectivity index (χ3v) is 2.51. The van der Waals surface area contributed by atoms with Gasteiger partial charge in [-0.2, -0.15) is 18.2 Å². The van der Waals surface area contributed by atoms with Gasteiger partial charge in [0.1, 0.15) is 12.1 Å². The molecule has 0 aliphatic carbocycles. The quantitative estimate of drug-likeness (QED) is 0.667. The van der Waals surface area contributed by atoms with Gasteiger partial charge in [-0.3, -0.25) is 0 Å². The van der Waals surface area contributed by atoms with Gasteiger partial charge in [-0.25, -0.2) is 10.8 Å². The van der Waals surface area contributed by atoms with Gasteiger partial charge in [0.2, 0.25) is 5.75 Å². The second kappa shape index (κ2) is 5.83. The van der Waals surface area contributed by atoms with Crippen molar-refractivity contribution in [2.45, 2.75) is 6.18 Å². The highest BCUT2D eigenvalue weighted by atomic mass is 19.4. The molecule has 0 radical (unpaired) electrons. The second-order valence-electron chi connectivity index (χ2n) is 3.83. The van der Waals surface area contributed by atoms with E-state index in [1.54, 1.807) is 0 Å². The molecule has 0 aliphatic heterocycles. The standard InChI is InChI=1S/C12H11F3N4O2/c1-20-9-10(19-16)17-6-18-11(9)21-8-4-2-7(3-5-8)12(13,14)15/h2-6H,16H2,1H3,(H,17,18,19). The average Bonchev–Trinajstić information content (AvgIpc) is 2.46. The fourth-order valence-electron chi connectivity index (χ4n) is 1.54. The number of rotatable bonds is 4. The minimum absolute atomic E-state index is 0.0280. The maximum Gasteiger partial charge on any atom is 0.416 e. The smallest absolute Gasteiger partial charge is 0.416 e. The fourth-order valence-corrected chi connectivity index (χ4v) is 1.54. The van der Waals surface area contributed by atoms with Crippen molar-refractivity contribution in [3.8, 4) is 17.4 Å². The number of nitrogens with two attached hydrogens (primary N) is 1. The Hall–Kier alpha value is -2.55. The molecule has 2 rings (SSSR count). The Morgan fingerprint density at radius 3 is 2.33 bits per heavy atom. The number of methoxy groups -OCH3 is 1. The van der Waals surface area contributed by atoms with Crippen LogP contribution in [-0.2, 0) is 6.18 Å². The molecule has 0 fully saturated rings. The van der Waals surface area contributed by atoms with Gasteiger partial charge < -0.3 is 14.9 Å². The third kappa shape index (κ3) is 3.31. The molecule has 0 amide bonds. The van der Waals surface area contributed by atoms with Crippen molar-refractivity contribution in [1.29, 1.82) is 0 Å². The van der Waals surface area contributed by atoms with E-state index in [4.69, 9.17) is 15.3 Å². The Morgan fingerprint density at radius 1 is 1.14 bits per heavy atom. The number of aromatic nitrogens is 2. The lowest BCUT2D eigenvalue weighted by molar-refractivity contribution is -0.137. The molecule has 0 saturated heterocycles. The number of benzene rings is 1. The molecule has 0 spiro atoms. The summed E-state index contributed by atoms with van der Waals surface area (Å²) in [6.07, 6.45) is -3.22. The van der Waals surface area contributed by atoms with E-state index in [2.05, 4.69) is 15.4 Å². The van der Waals surface area contributed by atoms with Crippen molar-refractivity contribution in [2.24, 2.45) is 5.84 Å². The Morgan fingerprint density at radius 2 is 1.81 bits per heavy atom. The van der Waals surface area contributed by atoms with Crippen LogP contribution in [0.1, 0.15) is 5.56 Å². The molecule has 9 heteroatoms. The largest absolute Gasteiger partial charge is 0.489 e. The van der Waals surface area contributed by atoms with E-state index < -0.39 is 11.7 Å². The summed E-state index contributed by atoms with van der Waals surface area (Å²) in [4.78, 5) is 7.66. The van der Waals surface area contributed by atoms with Crippen molar-refractivity contribution in [3.05, 3.63) is 36.2 Å². The van der Waals surface area contributed by atoms with Gasteiger partial charge in [0.05, 0.1) is 12.7 Å². The molecule has 0 saturated carbocycles. The number of nitrogens with zero attached hydrogens (tertiary/aromatic N) is 2. The molecular weight excluding hydrogens is 289 g/mol. The molecule has 0 bridgehead atoms. The molecule has 1 aromatic carbocycles. The van der Waals surface area contributed by atoms with E-state index in [0.717, 1.165) is 12.1 Å². The van der Waals surface area contributed by atoms with Crippen molar-refractivity contribution in [2.75, 3.05) is 12.5 Å². The Labute approximate surface area is 117 Å². The Kier molecular flexibility index (Phi) is 4.13. The fraction of sp³-hybridized carbons (Fsp3) is 0.167. The summed E-state index contributed by atoms with van der Waals surface area (Å²) in [5.74, 6) is 5.78. The summed E-state index contributed by atoms with van der Waals surface area (Å²) in [5, 5.41) is 0. The highest BCUT2D eigenvalue weighted by Crippen LogP contribution is 2.35. The molecule has 112 valence electrons. The molecule has 0 aliphatic rings. The van der Waals surface area contributed by atoms with E-state index in [9.17, 15) is 13.2 Å². The number of nitrogen functional groups attached to an aromatic ring is 1. The van der Waals surface area contributed by atoms with Gasteiger partial charge in [0, 0.05) is 0 Å². The highest BCUT2D eigenvalue weighted by Gasteiger charge is 2.30. The van der Waals surface area contributed by atoms with E-state index >= 15 is 0 Å². The molecule has 21 heavy (non-hydrogen) atoms. The molecule has 0 unspecified atom stereocenters. The molecule has 1 heterocycles. The molecular formula is C12H11F3N4O2. The molecule has 0 atom stereocenters. The first-order valence-electron chi connectivity index (χ1n) is 5.66. The van der Waals surface area contributed by atoms with Crippen LogP contribution < -0.4 is 20.7 Å². The van der Waals surface area contributed by atoms with Crippen LogP contribution in [0.4, 0.5) is 19.0 Å². The highest BCUT2D eigenvalue weighted by molar-refractivity contribution is 5.55.